The highest BCUT2D eigenvalue weighted by molar-refractivity contribution is 5.94. The van der Waals surface area contributed by atoms with Crippen molar-refractivity contribution in [3.8, 4) is 0 Å². The predicted octanol–water partition coefficient (Wildman–Crippen LogP) is 2.65. The van der Waals surface area contributed by atoms with Crippen LogP contribution in [0.5, 0.6) is 0 Å². The van der Waals surface area contributed by atoms with Crippen molar-refractivity contribution in [1.82, 2.24) is 5.32 Å². The molecule has 0 spiro atoms. The average Bonchev–Trinajstić information content (AvgIpc) is 2.45. The van der Waals surface area contributed by atoms with Crippen LogP contribution >= 0.6 is 0 Å². The fraction of sp³-hybridized carbons (Fsp3) is 0.500. The number of anilines is 1. The van der Waals surface area contributed by atoms with Gasteiger partial charge in [0.05, 0.1) is 5.92 Å². The van der Waals surface area contributed by atoms with E-state index in [-0.39, 0.29) is 12.1 Å². The van der Waals surface area contributed by atoms with E-state index < -0.39 is 17.9 Å². The van der Waals surface area contributed by atoms with Crippen LogP contribution in [0.1, 0.15) is 32.8 Å². The van der Waals surface area contributed by atoms with Gasteiger partial charge in [0, 0.05) is 17.8 Å². The Labute approximate surface area is 125 Å². The van der Waals surface area contributed by atoms with Crippen LogP contribution in [0.4, 0.5) is 10.5 Å². The predicted molar refractivity (Wildman–Crippen MR) is 81.5 cm³/mol. The first-order valence-electron chi connectivity index (χ1n) is 7.32. The van der Waals surface area contributed by atoms with E-state index in [0.29, 0.717) is 0 Å². The highest BCUT2D eigenvalue weighted by atomic mass is 16.4. The van der Waals surface area contributed by atoms with Crippen molar-refractivity contribution in [2.24, 2.45) is 5.92 Å². The van der Waals surface area contributed by atoms with Crippen molar-refractivity contribution in [1.29, 1.82) is 0 Å². The van der Waals surface area contributed by atoms with E-state index in [0.717, 1.165) is 24.1 Å². The monoisotopic (exact) mass is 290 g/mol. The molecule has 21 heavy (non-hydrogen) atoms. The maximum Gasteiger partial charge on any atom is 0.322 e. The molecule has 0 saturated heterocycles. The van der Waals surface area contributed by atoms with Gasteiger partial charge in [-0.05, 0) is 45.2 Å². The van der Waals surface area contributed by atoms with Crippen molar-refractivity contribution in [2.45, 2.75) is 45.7 Å². The second kappa shape index (κ2) is 6.16. The normalized spacial score (nSPS) is 20.3. The molecule has 0 saturated carbocycles. The van der Waals surface area contributed by atoms with Gasteiger partial charge in [0.1, 0.15) is 0 Å². The van der Waals surface area contributed by atoms with Gasteiger partial charge in [0.15, 0.2) is 0 Å². The largest absolute Gasteiger partial charge is 0.481 e. The lowest BCUT2D eigenvalue weighted by atomic mass is 9.97. The summed E-state index contributed by atoms with van der Waals surface area (Å²) in [5, 5.41) is 11.8. The van der Waals surface area contributed by atoms with Crippen molar-refractivity contribution in [3.63, 3.8) is 0 Å². The SMILES string of the molecule is CC(NC(=O)N1c2ccccc2CCC1C)C(C)C(=O)O. The highest BCUT2D eigenvalue weighted by Gasteiger charge is 2.30. The number of carbonyl (C=O) groups excluding carboxylic acids is 1. The third kappa shape index (κ3) is 3.17. The summed E-state index contributed by atoms with van der Waals surface area (Å²) in [5.74, 6) is -1.53. The summed E-state index contributed by atoms with van der Waals surface area (Å²) >= 11 is 0. The zero-order valence-electron chi connectivity index (χ0n) is 12.7. The minimum absolute atomic E-state index is 0.104. The number of carboxylic acids is 1. The van der Waals surface area contributed by atoms with Crippen LogP contribution in [0.3, 0.4) is 0 Å². The molecule has 1 aliphatic heterocycles. The molecule has 0 aliphatic carbocycles. The van der Waals surface area contributed by atoms with Crippen molar-refractivity contribution >= 4 is 17.7 Å². The van der Waals surface area contributed by atoms with Gasteiger partial charge in [-0.25, -0.2) is 4.79 Å². The summed E-state index contributed by atoms with van der Waals surface area (Å²) in [5.41, 5.74) is 2.08. The van der Waals surface area contributed by atoms with Crippen LogP contribution in [-0.2, 0) is 11.2 Å². The van der Waals surface area contributed by atoms with Crippen molar-refractivity contribution in [2.75, 3.05) is 4.90 Å². The van der Waals surface area contributed by atoms with E-state index in [1.807, 2.05) is 31.2 Å². The van der Waals surface area contributed by atoms with Gasteiger partial charge < -0.3 is 10.4 Å². The second-order valence-electron chi connectivity index (χ2n) is 5.75. The first kappa shape index (κ1) is 15.4. The Kier molecular flexibility index (Phi) is 4.50. The van der Waals surface area contributed by atoms with Crippen LogP contribution < -0.4 is 10.2 Å². The molecule has 0 fully saturated rings. The molecule has 5 heteroatoms. The Bertz CT molecular complexity index is 544. The molecule has 1 aromatic rings. The first-order chi connectivity index (χ1) is 9.91. The van der Waals surface area contributed by atoms with E-state index >= 15 is 0 Å². The topological polar surface area (TPSA) is 69.6 Å². The van der Waals surface area contributed by atoms with Crippen molar-refractivity contribution < 1.29 is 14.7 Å². The van der Waals surface area contributed by atoms with Crippen LogP contribution in [0.25, 0.3) is 0 Å². The number of para-hydroxylation sites is 1. The summed E-state index contributed by atoms with van der Waals surface area (Å²) < 4.78 is 0. The number of amides is 2. The number of carbonyl (C=O) groups is 2. The zero-order valence-corrected chi connectivity index (χ0v) is 12.7. The molecular formula is C16H22N2O3. The summed E-state index contributed by atoms with van der Waals surface area (Å²) in [7, 11) is 0. The molecule has 0 radical (unpaired) electrons. The molecule has 1 heterocycles. The van der Waals surface area contributed by atoms with E-state index in [2.05, 4.69) is 5.32 Å². The molecule has 5 nitrogen and oxygen atoms in total. The maximum atomic E-state index is 12.5. The molecule has 1 aliphatic rings. The minimum atomic E-state index is -0.908. The van der Waals surface area contributed by atoms with E-state index in [1.165, 1.54) is 0 Å². The first-order valence-corrected chi connectivity index (χ1v) is 7.32. The molecule has 1 aromatic carbocycles. The fourth-order valence-electron chi connectivity index (χ4n) is 2.60. The molecule has 0 bridgehead atoms. The summed E-state index contributed by atoms with van der Waals surface area (Å²) in [6, 6.07) is 7.32. The summed E-state index contributed by atoms with van der Waals surface area (Å²) in [6.07, 6.45) is 1.87. The molecule has 2 N–H and O–H groups in total. The van der Waals surface area contributed by atoms with Gasteiger partial charge in [-0.2, -0.15) is 0 Å². The Balaban J connectivity index is 2.17. The zero-order chi connectivity index (χ0) is 15.6. The van der Waals surface area contributed by atoms with Gasteiger partial charge >= 0.3 is 12.0 Å². The van der Waals surface area contributed by atoms with Crippen LogP contribution in [-0.4, -0.2) is 29.2 Å². The van der Waals surface area contributed by atoms with E-state index in [1.54, 1.807) is 18.7 Å². The number of hydrogen-bond acceptors (Lipinski definition) is 2. The average molecular weight is 290 g/mol. The Morgan fingerprint density at radius 2 is 2.00 bits per heavy atom. The van der Waals surface area contributed by atoms with Gasteiger partial charge in [0.2, 0.25) is 0 Å². The quantitative estimate of drug-likeness (QED) is 0.899. The Morgan fingerprint density at radius 3 is 2.67 bits per heavy atom. The molecule has 3 atom stereocenters. The number of benzene rings is 1. The van der Waals surface area contributed by atoms with Gasteiger partial charge in [-0.1, -0.05) is 18.2 Å². The van der Waals surface area contributed by atoms with Crippen LogP contribution in [0, 0.1) is 5.92 Å². The third-order valence-electron chi connectivity index (χ3n) is 4.23. The lowest BCUT2D eigenvalue weighted by Gasteiger charge is -2.36. The second-order valence-corrected chi connectivity index (χ2v) is 5.75. The standard InChI is InChI=1S/C16H22N2O3/c1-10-8-9-13-6-4-5-7-14(13)18(10)16(21)17-12(3)11(2)15(19)20/h4-7,10-12H,8-9H2,1-3H3,(H,17,21)(H,19,20). The molecule has 114 valence electrons. The number of fused-ring (bicyclic) bond motifs is 1. The number of rotatable bonds is 3. The minimum Gasteiger partial charge on any atom is -0.481 e. The number of nitrogens with one attached hydrogen (secondary N) is 1. The molecule has 0 aromatic heterocycles. The summed E-state index contributed by atoms with van der Waals surface area (Å²) in [4.78, 5) is 25.3. The Hall–Kier alpha value is -2.04. The van der Waals surface area contributed by atoms with Gasteiger partial charge in [0.25, 0.3) is 0 Å². The Morgan fingerprint density at radius 1 is 1.33 bits per heavy atom. The van der Waals surface area contributed by atoms with Crippen LogP contribution in [0.15, 0.2) is 24.3 Å². The number of aliphatic carboxylic acids is 1. The lowest BCUT2D eigenvalue weighted by molar-refractivity contribution is -0.141. The number of carboxylic acid groups (broad SMARTS) is 1. The lowest BCUT2D eigenvalue weighted by Crippen LogP contribution is -2.51. The smallest absolute Gasteiger partial charge is 0.322 e. The van der Waals surface area contributed by atoms with Crippen LogP contribution in [0.2, 0.25) is 0 Å². The molecular weight excluding hydrogens is 268 g/mol. The molecule has 2 amide bonds. The number of nitrogens with zero attached hydrogens (tertiary/aromatic N) is 1. The number of aryl methyl sites for hydroxylation is 1. The molecule has 2 rings (SSSR count). The number of hydrogen-bond donors (Lipinski definition) is 2. The third-order valence-corrected chi connectivity index (χ3v) is 4.23. The van der Waals surface area contributed by atoms with Gasteiger partial charge in [-0.15, -0.1) is 0 Å². The fourth-order valence-corrected chi connectivity index (χ4v) is 2.60. The van der Waals surface area contributed by atoms with Gasteiger partial charge in [-0.3, -0.25) is 9.69 Å². The number of urea groups is 1. The maximum absolute atomic E-state index is 12.5. The van der Waals surface area contributed by atoms with Crippen molar-refractivity contribution in [3.05, 3.63) is 29.8 Å². The van der Waals surface area contributed by atoms with E-state index in [9.17, 15) is 9.59 Å². The summed E-state index contributed by atoms with van der Waals surface area (Å²) in [6.45, 7) is 5.33. The highest BCUT2D eigenvalue weighted by Crippen LogP contribution is 2.30. The van der Waals surface area contributed by atoms with E-state index in [4.69, 9.17) is 5.11 Å². The molecule has 3 unspecified atom stereocenters.